The van der Waals surface area contributed by atoms with Crippen LogP contribution in [0.15, 0.2) is 0 Å². The Morgan fingerprint density at radius 2 is 2.08 bits per heavy atom. The van der Waals surface area contributed by atoms with Crippen LogP contribution in [0.2, 0.25) is 0 Å². The van der Waals surface area contributed by atoms with Crippen molar-refractivity contribution in [2.45, 2.75) is 19.0 Å². The minimum Gasteiger partial charge on any atom is -0.295 e. The standard InChI is InChI=1S/C8H13ClF3N/c9-4-7-2-1-3-13(5-7)6-8(10,11)12/h7H,1-6H2. The first-order chi connectivity index (χ1) is 6.01. The molecule has 0 amide bonds. The van der Waals surface area contributed by atoms with Crippen LogP contribution in [-0.4, -0.2) is 36.6 Å². The van der Waals surface area contributed by atoms with Crippen molar-refractivity contribution < 1.29 is 13.2 Å². The normalized spacial score (nSPS) is 26.3. The highest BCUT2D eigenvalue weighted by Gasteiger charge is 2.32. The molecule has 1 rings (SSSR count). The van der Waals surface area contributed by atoms with Gasteiger partial charge >= 0.3 is 6.18 Å². The van der Waals surface area contributed by atoms with Crippen LogP contribution in [0.4, 0.5) is 13.2 Å². The van der Waals surface area contributed by atoms with Gasteiger partial charge in [0, 0.05) is 12.4 Å². The van der Waals surface area contributed by atoms with Crippen molar-refractivity contribution in [3.05, 3.63) is 0 Å². The molecule has 0 aliphatic carbocycles. The topological polar surface area (TPSA) is 3.24 Å². The molecule has 1 saturated heterocycles. The molecule has 0 radical (unpaired) electrons. The number of nitrogens with zero attached hydrogens (tertiary/aromatic N) is 1. The Morgan fingerprint density at radius 1 is 1.38 bits per heavy atom. The molecule has 1 fully saturated rings. The van der Waals surface area contributed by atoms with E-state index >= 15 is 0 Å². The molecule has 1 aliphatic rings. The Bertz CT molecular complexity index is 160. The van der Waals surface area contributed by atoms with E-state index in [2.05, 4.69) is 0 Å². The average Bonchev–Trinajstić information content (AvgIpc) is 2.01. The van der Waals surface area contributed by atoms with Gasteiger partial charge in [0.15, 0.2) is 0 Å². The lowest BCUT2D eigenvalue weighted by Crippen LogP contribution is -2.41. The van der Waals surface area contributed by atoms with Gasteiger partial charge in [-0.15, -0.1) is 11.6 Å². The van der Waals surface area contributed by atoms with E-state index in [1.807, 2.05) is 0 Å². The summed E-state index contributed by atoms with van der Waals surface area (Å²) in [5, 5.41) is 0. The van der Waals surface area contributed by atoms with Crippen molar-refractivity contribution in [1.82, 2.24) is 4.90 Å². The molecule has 1 nitrogen and oxygen atoms in total. The van der Waals surface area contributed by atoms with Gasteiger partial charge in [0.1, 0.15) is 0 Å². The van der Waals surface area contributed by atoms with Crippen LogP contribution in [0.5, 0.6) is 0 Å². The molecule has 13 heavy (non-hydrogen) atoms. The van der Waals surface area contributed by atoms with Gasteiger partial charge in [-0.1, -0.05) is 0 Å². The highest BCUT2D eigenvalue weighted by molar-refractivity contribution is 6.18. The van der Waals surface area contributed by atoms with Crippen LogP contribution in [0, 0.1) is 5.92 Å². The van der Waals surface area contributed by atoms with Crippen molar-refractivity contribution >= 4 is 11.6 Å². The van der Waals surface area contributed by atoms with Gasteiger partial charge in [-0.2, -0.15) is 13.2 Å². The SMILES string of the molecule is FC(F)(F)CN1CCCC(CCl)C1. The number of piperidine rings is 1. The lowest BCUT2D eigenvalue weighted by atomic mass is 10.0. The van der Waals surface area contributed by atoms with Gasteiger partial charge < -0.3 is 0 Å². The maximum atomic E-state index is 12.0. The quantitative estimate of drug-likeness (QED) is 0.640. The highest BCUT2D eigenvalue weighted by Crippen LogP contribution is 2.22. The van der Waals surface area contributed by atoms with E-state index < -0.39 is 12.7 Å². The fourth-order valence-corrected chi connectivity index (χ4v) is 1.93. The molecule has 78 valence electrons. The first-order valence-electron chi connectivity index (χ1n) is 4.36. The lowest BCUT2D eigenvalue weighted by molar-refractivity contribution is -0.149. The summed E-state index contributed by atoms with van der Waals surface area (Å²) in [7, 11) is 0. The summed E-state index contributed by atoms with van der Waals surface area (Å²) < 4.78 is 36.0. The fraction of sp³-hybridized carbons (Fsp3) is 1.00. The number of hydrogen-bond acceptors (Lipinski definition) is 1. The zero-order chi connectivity index (χ0) is 9.90. The Balaban J connectivity index is 2.34. The fourth-order valence-electron chi connectivity index (χ4n) is 1.67. The van der Waals surface area contributed by atoms with Crippen molar-refractivity contribution in [2.75, 3.05) is 25.5 Å². The molecule has 0 spiro atoms. The van der Waals surface area contributed by atoms with Gasteiger partial charge in [0.25, 0.3) is 0 Å². The maximum Gasteiger partial charge on any atom is 0.401 e. The summed E-state index contributed by atoms with van der Waals surface area (Å²) in [6.45, 7) is 0.246. The zero-order valence-electron chi connectivity index (χ0n) is 7.28. The van der Waals surface area contributed by atoms with Crippen LogP contribution >= 0.6 is 11.6 Å². The Hall–Kier alpha value is 0.0400. The molecule has 1 aliphatic heterocycles. The van der Waals surface area contributed by atoms with Crippen LogP contribution in [-0.2, 0) is 0 Å². The van der Waals surface area contributed by atoms with E-state index in [4.69, 9.17) is 11.6 Å². The van der Waals surface area contributed by atoms with E-state index in [-0.39, 0.29) is 5.92 Å². The second kappa shape index (κ2) is 4.51. The maximum absolute atomic E-state index is 12.0. The summed E-state index contributed by atoms with van der Waals surface area (Å²) in [4.78, 5) is 1.44. The summed E-state index contributed by atoms with van der Waals surface area (Å²) in [5.41, 5.74) is 0. The number of alkyl halides is 4. The molecule has 1 atom stereocenters. The average molecular weight is 216 g/mol. The molecule has 5 heteroatoms. The van der Waals surface area contributed by atoms with Crippen molar-refractivity contribution in [2.24, 2.45) is 5.92 Å². The summed E-state index contributed by atoms with van der Waals surface area (Å²) in [6.07, 6.45) is -2.29. The summed E-state index contributed by atoms with van der Waals surface area (Å²) >= 11 is 5.61. The third kappa shape index (κ3) is 4.18. The smallest absolute Gasteiger partial charge is 0.295 e. The van der Waals surface area contributed by atoms with Gasteiger partial charge in [-0.3, -0.25) is 4.90 Å². The Morgan fingerprint density at radius 3 is 2.62 bits per heavy atom. The highest BCUT2D eigenvalue weighted by atomic mass is 35.5. The van der Waals surface area contributed by atoms with E-state index in [0.717, 1.165) is 12.8 Å². The van der Waals surface area contributed by atoms with Gasteiger partial charge in [-0.25, -0.2) is 0 Å². The zero-order valence-corrected chi connectivity index (χ0v) is 8.03. The Labute approximate surface area is 80.8 Å². The van der Waals surface area contributed by atoms with E-state index in [0.29, 0.717) is 19.0 Å². The molecule has 0 bridgehead atoms. The van der Waals surface area contributed by atoms with Crippen molar-refractivity contribution in [3.63, 3.8) is 0 Å². The molecule has 0 saturated carbocycles. The van der Waals surface area contributed by atoms with Gasteiger partial charge in [0.05, 0.1) is 6.54 Å². The summed E-state index contributed by atoms with van der Waals surface area (Å²) in [6, 6.07) is 0. The number of halogens is 4. The second-order valence-electron chi connectivity index (χ2n) is 3.51. The van der Waals surface area contributed by atoms with E-state index in [1.54, 1.807) is 0 Å². The molecular formula is C8H13ClF3N. The third-order valence-corrected chi connectivity index (χ3v) is 2.66. The van der Waals surface area contributed by atoms with Crippen molar-refractivity contribution in [3.8, 4) is 0 Å². The molecule has 0 aromatic rings. The minimum absolute atomic E-state index is 0.234. The molecule has 1 heterocycles. The number of hydrogen-bond donors (Lipinski definition) is 0. The minimum atomic E-state index is -4.08. The third-order valence-electron chi connectivity index (χ3n) is 2.22. The predicted molar refractivity (Wildman–Crippen MR) is 45.9 cm³/mol. The van der Waals surface area contributed by atoms with Gasteiger partial charge in [0.2, 0.25) is 0 Å². The molecular weight excluding hydrogens is 203 g/mol. The summed E-state index contributed by atoms with van der Waals surface area (Å²) in [5.74, 6) is 0.701. The van der Waals surface area contributed by atoms with Gasteiger partial charge in [-0.05, 0) is 25.3 Å². The molecule has 0 aromatic carbocycles. The van der Waals surface area contributed by atoms with E-state index in [1.165, 1.54) is 4.90 Å². The molecule has 0 aromatic heterocycles. The monoisotopic (exact) mass is 215 g/mol. The van der Waals surface area contributed by atoms with Crippen LogP contribution in [0.1, 0.15) is 12.8 Å². The lowest BCUT2D eigenvalue weighted by Gasteiger charge is -2.32. The van der Waals surface area contributed by atoms with Crippen LogP contribution in [0.25, 0.3) is 0 Å². The van der Waals surface area contributed by atoms with E-state index in [9.17, 15) is 13.2 Å². The second-order valence-corrected chi connectivity index (χ2v) is 3.82. The largest absolute Gasteiger partial charge is 0.401 e. The molecule has 1 unspecified atom stereocenters. The number of likely N-dealkylation sites (tertiary alicyclic amines) is 1. The molecule has 0 N–H and O–H groups in total. The Kier molecular flexibility index (Phi) is 3.86. The first kappa shape index (κ1) is 11.1. The predicted octanol–water partition coefficient (Wildman–Crippen LogP) is 2.50. The van der Waals surface area contributed by atoms with Crippen LogP contribution < -0.4 is 0 Å². The first-order valence-corrected chi connectivity index (χ1v) is 4.90. The van der Waals surface area contributed by atoms with Crippen molar-refractivity contribution in [1.29, 1.82) is 0 Å². The van der Waals surface area contributed by atoms with Crippen LogP contribution in [0.3, 0.4) is 0 Å². The number of rotatable bonds is 2.